The highest BCUT2D eigenvalue weighted by Crippen LogP contribution is 2.24. The number of nitrogens with one attached hydrogen (secondary N) is 3. The largest absolute Gasteiger partial charge is 0.361 e. The van der Waals surface area contributed by atoms with Gasteiger partial charge in [0.1, 0.15) is 12.6 Å². The van der Waals surface area contributed by atoms with Crippen LogP contribution in [0.2, 0.25) is 0 Å². The minimum Gasteiger partial charge on any atom is -0.361 e. The molecule has 3 atom stereocenters. The molecule has 4 rings (SSSR count). The predicted octanol–water partition coefficient (Wildman–Crippen LogP) is 2.33. The van der Waals surface area contributed by atoms with E-state index in [1.165, 1.54) is 6.42 Å². The maximum absolute atomic E-state index is 12.7. The summed E-state index contributed by atoms with van der Waals surface area (Å²) in [6.07, 6.45) is 6.61. The number of H-pyrrole nitrogens is 1. The van der Waals surface area contributed by atoms with Gasteiger partial charge < -0.3 is 15.6 Å². The Hall–Kier alpha value is -2.83. The van der Waals surface area contributed by atoms with E-state index < -0.39 is 12.1 Å². The molecule has 1 saturated heterocycles. The maximum Gasteiger partial charge on any atom is 0.325 e. The van der Waals surface area contributed by atoms with Crippen LogP contribution in [0.4, 0.5) is 4.79 Å². The van der Waals surface area contributed by atoms with Gasteiger partial charge in [-0.3, -0.25) is 14.5 Å². The molecule has 148 valence electrons. The van der Waals surface area contributed by atoms with E-state index in [9.17, 15) is 14.4 Å². The lowest BCUT2D eigenvalue weighted by atomic mass is 9.86. The molecule has 0 bridgehead atoms. The van der Waals surface area contributed by atoms with E-state index in [0.29, 0.717) is 12.3 Å². The quantitative estimate of drug-likeness (QED) is 0.693. The molecule has 28 heavy (non-hydrogen) atoms. The van der Waals surface area contributed by atoms with Crippen molar-refractivity contribution < 1.29 is 14.4 Å². The Morgan fingerprint density at radius 3 is 2.82 bits per heavy atom. The molecule has 0 radical (unpaired) electrons. The van der Waals surface area contributed by atoms with Crippen LogP contribution < -0.4 is 10.6 Å². The number of imide groups is 1. The summed E-state index contributed by atoms with van der Waals surface area (Å²) in [7, 11) is 0. The molecule has 0 unspecified atom stereocenters. The van der Waals surface area contributed by atoms with Crippen LogP contribution in [0, 0.1) is 5.92 Å². The molecule has 2 fully saturated rings. The monoisotopic (exact) mass is 382 g/mol. The van der Waals surface area contributed by atoms with E-state index in [0.717, 1.165) is 40.6 Å². The first-order chi connectivity index (χ1) is 13.5. The smallest absolute Gasteiger partial charge is 0.325 e. The van der Waals surface area contributed by atoms with Crippen LogP contribution in [0.1, 0.15) is 38.2 Å². The molecular formula is C21H26N4O3. The molecule has 0 spiro atoms. The number of carbonyl (C=O) groups is 3. The number of nitrogens with zero attached hydrogens (tertiary/aromatic N) is 1. The third-order valence-electron chi connectivity index (χ3n) is 5.97. The molecule has 4 amide bonds. The first-order valence-corrected chi connectivity index (χ1v) is 9.99. The first-order valence-electron chi connectivity index (χ1n) is 9.99. The Kier molecular flexibility index (Phi) is 5.07. The molecule has 3 N–H and O–H groups in total. The Morgan fingerprint density at radius 1 is 1.21 bits per heavy atom. The zero-order valence-corrected chi connectivity index (χ0v) is 16.0. The van der Waals surface area contributed by atoms with Gasteiger partial charge in [0.25, 0.3) is 5.91 Å². The molecule has 1 aliphatic heterocycles. The summed E-state index contributed by atoms with van der Waals surface area (Å²) >= 11 is 0. The molecule has 1 aromatic heterocycles. The second kappa shape index (κ2) is 7.66. The van der Waals surface area contributed by atoms with Gasteiger partial charge >= 0.3 is 6.03 Å². The van der Waals surface area contributed by atoms with Gasteiger partial charge in [0.15, 0.2) is 0 Å². The summed E-state index contributed by atoms with van der Waals surface area (Å²) in [6, 6.07) is 6.82. The number of rotatable bonds is 5. The van der Waals surface area contributed by atoms with Gasteiger partial charge in [0.05, 0.1) is 0 Å². The van der Waals surface area contributed by atoms with Crippen LogP contribution in [0.5, 0.6) is 0 Å². The molecule has 1 aliphatic carbocycles. The topological polar surface area (TPSA) is 94.3 Å². The van der Waals surface area contributed by atoms with Gasteiger partial charge in [-0.15, -0.1) is 0 Å². The van der Waals surface area contributed by atoms with Crippen LogP contribution in [0.15, 0.2) is 30.5 Å². The number of urea groups is 1. The minimum absolute atomic E-state index is 0.129. The van der Waals surface area contributed by atoms with Crippen LogP contribution in [0.25, 0.3) is 10.9 Å². The van der Waals surface area contributed by atoms with Gasteiger partial charge in [-0.05, 0) is 30.4 Å². The zero-order chi connectivity index (χ0) is 19.7. The summed E-state index contributed by atoms with van der Waals surface area (Å²) in [5.74, 6) is -0.187. The number of hydrogen-bond donors (Lipinski definition) is 3. The number of hydrogen-bond acceptors (Lipinski definition) is 3. The van der Waals surface area contributed by atoms with Gasteiger partial charge in [-0.1, -0.05) is 38.0 Å². The fraction of sp³-hybridized carbons (Fsp3) is 0.476. The third kappa shape index (κ3) is 3.61. The number of aromatic amines is 1. The van der Waals surface area contributed by atoms with Crippen LogP contribution in [0.3, 0.4) is 0 Å². The van der Waals surface area contributed by atoms with Gasteiger partial charge in [-0.25, -0.2) is 4.79 Å². The van der Waals surface area contributed by atoms with E-state index >= 15 is 0 Å². The number of aromatic nitrogens is 1. The molecule has 2 aliphatic rings. The Labute approximate surface area is 163 Å². The molecule has 1 saturated carbocycles. The fourth-order valence-electron chi connectivity index (χ4n) is 4.31. The van der Waals surface area contributed by atoms with Gasteiger partial charge in [0.2, 0.25) is 5.91 Å². The van der Waals surface area contributed by atoms with Gasteiger partial charge in [0, 0.05) is 29.6 Å². The number of carbonyl (C=O) groups excluding carboxylic acids is 3. The Balaban J connectivity index is 1.39. The van der Waals surface area contributed by atoms with Crippen molar-refractivity contribution in [1.82, 2.24) is 20.5 Å². The Morgan fingerprint density at radius 2 is 2.00 bits per heavy atom. The third-order valence-corrected chi connectivity index (χ3v) is 5.97. The van der Waals surface area contributed by atoms with E-state index in [4.69, 9.17) is 0 Å². The van der Waals surface area contributed by atoms with E-state index in [2.05, 4.69) is 22.5 Å². The number of fused-ring (bicyclic) bond motifs is 1. The summed E-state index contributed by atoms with van der Waals surface area (Å²) in [5.41, 5.74) is 1.96. The minimum atomic E-state index is -0.645. The normalized spacial score (nSPS) is 25.2. The second-order valence-electron chi connectivity index (χ2n) is 7.93. The van der Waals surface area contributed by atoms with Crippen molar-refractivity contribution in [3.05, 3.63) is 36.0 Å². The molecule has 7 heteroatoms. The van der Waals surface area contributed by atoms with Crippen molar-refractivity contribution in [3.8, 4) is 0 Å². The molecule has 2 aromatic rings. The summed E-state index contributed by atoms with van der Waals surface area (Å²) < 4.78 is 0. The number of amides is 4. The van der Waals surface area contributed by atoms with Crippen molar-refractivity contribution in [2.45, 2.75) is 51.1 Å². The number of benzene rings is 1. The van der Waals surface area contributed by atoms with Gasteiger partial charge in [-0.2, -0.15) is 0 Å². The van der Waals surface area contributed by atoms with Crippen LogP contribution >= 0.6 is 0 Å². The van der Waals surface area contributed by atoms with Crippen LogP contribution in [-0.4, -0.2) is 46.4 Å². The first kappa shape index (κ1) is 18.5. The summed E-state index contributed by atoms with van der Waals surface area (Å²) in [5, 5.41) is 6.76. The highest BCUT2D eigenvalue weighted by molar-refractivity contribution is 6.06. The van der Waals surface area contributed by atoms with Crippen molar-refractivity contribution in [1.29, 1.82) is 0 Å². The van der Waals surface area contributed by atoms with Crippen molar-refractivity contribution in [2.75, 3.05) is 6.54 Å². The Bertz CT molecular complexity index is 906. The number of para-hydroxylation sites is 1. The van der Waals surface area contributed by atoms with Crippen molar-refractivity contribution >= 4 is 28.7 Å². The lowest BCUT2D eigenvalue weighted by molar-refractivity contribution is -0.132. The zero-order valence-electron chi connectivity index (χ0n) is 16.0. The average molecular weight is 382 g/mol. The maximum atomic E-state index is 12.7. The van der Waals surface area contributed by atoms with E-state index in [1.54, 1.807) is 0 Å². The summed E-state index contributed by atoms with van der Waals surface area (Å²) in [6.45, 7) is 1.91. The van der Waals surface area contributed by atoms with Crippen molar-refractivity contribution in [3.63, 3.8) is 0 Å². The van der Waals surface area contributed by atoms with E-state index in [1.807, 2.05) is 30.5 Å². The highest BCUT2D eigenvalue weighted by Gasteiger charge is 2.39. The molecule has 7 nitrogen and oxygen atoms in total. The highest BCUT2D eigenvalue weighted by atomic mass is 16.2. The van der Waals surface area contributed by atoms with E-state index in [-0.39, 0.29) is 24.4 Å². The van der Waals surface area contributed by atoms with Crippen LogP contribution in [-0.2, 0) is 16.0 Å². The molecule has 1 aromatic carbocycles. The standard InChI is InChI=1S/C21H26N4O3/c1-13-6-2-4-8-16(13)23-19(26)12-25-20(27)18(24-21(25)28)10-14-11-22-17-9-5-3-7-15(14)17/h3,5,7,9,11,13,16,18,22H,2,4,6,8,10,12H2,1H3,(H,23,26)(H,24,28)/t13-,16+,18+/m1/s1. The average Bonchev–Trinajstić information content (AvgIpc) is 3.20. The SMILES string of the molecule is C[C@@H]1CCCC[C@@H]1NC(=O)CN1C(=O)N[C@@H](Cc2c[nH]c3ccccc23)C1=O. The fourth-order valence-corrected chi connectivity index (χ4v) is 4.31. The second-order valence-corrected chi connectivity index (χ2v) is 7.93. The molecule has 2 heterocycles. The van der Waals surface area contributed by atoms with Crippen molar-refractivity contribution in [2.24, 2.45) is 5.92 Å². The lowest BCUT2D eigenvalue weighted by Gasteiger charge is -2.29. The lowest BCUT2D eigenvalue weighted by Crippen LogP contribution is -2.47. The summed E-state index contributed by atoms with van der Waals surface area (Å²) in [4.78, 5) is 41.6. The predicted molar refractivity (Wildman–Crippen MR) is 106 cm³/mol. The molecular weight excluding hydrogens is 356 g/mol.